The molecular weight excluding hydrogens is 258 g/mol. The number of sulfonamides is 1. The lowest BCUT2D eigenvalue weighted by Gasteiger charge is -2.61. The molecule has 0 radical (unpaired) electrons. The molecule has 0 saturated heterocycles. The Hall–Kier alpha value is -0.0900. The number of rotatable bonds is 4. The maximum atomic E-state index is 11.4. The third-order valence-electron chi connectivity index (χ3n) is 5.95. The zero-order valence-electron chi connectivity index (χ0n) is 12.4. The summed E-state index contributed by atoms with van der Waals surface area (Å²) in [6, 6.07) is 0. The molecule has 0 aromatic heterocycles. The zero-order valence-corrected chi connectivity index (χ0v) is 13.2. The molecule has 4 fully saturated rings. The highest BCUT2D eigenvalue weighted by Gasteiger charge is 2.55. The van der Waals surface area contributed by atoms with E-state index in [1.807, 2.05) is 0 Å². The van der Waals surface area contributed by atoms with Crippen LogP contribution < -0.4 is 4.72 Å². The van der Waals surface area contributed by atoms with Gasteiger partial charge < -0.3 is 0 Å². The van der Waals surface area contributed by atoms with Crippen LogP contribution in [0.5, 0.6) is 0 Å². The van der Waals surface area contributed by atoms with Crippen molar-refractivity contribution in [3.8, 4) is 0 Å². The summed E-state index contributed by atoms with van der Waals surface area (Å²) >= 11 is 0. The topological polar surface area (TPSA) is 46.2 Å². The van der Waals surface area contributed by atoms with Crippen molar-refractivity contribution < 1.29 is 8.42 Å². The molecule has 3 nitrogen and oxygen atoms in total. The fourth-order valence-electron chi connectivity index (χ4n) is 5.82. The summed E-state index contributed by atoms with van der Waals surface area (Å²) in [5.74, 6) is 4.26. The molecule has 0 aromatic rings. The van der Waals surface area contributed by atoms with Crippen molar-refractivity contribution in [2.45, 2.75) is 46.0 Å². The smallest absolute Gasteiger partial charge is 0.208 e. The summed E-state index contributed by atoms with van der Waals surface area (Å²) in [6.45, 7) is 5.42. The second-order valence-electron chi connectivity index (χ2n) is 7.88. The molecule has 0 aliphatic heterocycles. The first-order valence-corrected chi connectivity index (χ1v) is 9.62. The molecule has 0 heterocycles. The van der Waals surface area contributed by atoms with Crippen molar-refractivity contribution in [2.75, 3.05) is 12.8 Å². The first-order valence-electron chi connectivity index (χ1n) is 7.73. The monoisotopic (exact) mass is 285 g/mol. The van der Waals surface area contributed by atoms with Gasteiger partial charge in [-0.15, -0.1) is 0 Å². The predicted molar refractivity (Wildman–Crippen MR) is 77.2 cm³/mol. The highest BCUT2D eigenvalue weighted by Crippen LogP contribution is 2.63. The van der Waals surface area contributed by atoms with E-state index in [1.165, 1.54) is 38.4 Å². The van der Waals surface area contributed by atoms with Crippen LogP contribution in [-0.4, -0.2) is 21.2 Å². The summed E-state index contributed by atoms with van der Waals surface area (Å²) in [5.41, 5.74) is 0.283. The number of hydrogen-bond donors (Lipinski definition) is 1. The van der Waals surface area contributed by atoms with Crippen molar-refractivity contribution in [3.05, 3.63) is 0 Å². The van der Waals surface area contributed by atoms with E-state index >= 15 is 0 Å². The first kappa shape index (κ1) is 13.9. The maximum Gasteiger partial charge on any atom is 0.208 e. The Labute approximate surface area is 117 Å². The molecule has 2 atom stereocenters. The SMILES string of the molecule is CC(C)C1C2CC3CC1CC(CNS(C)(=O)=O)(C3)C2. The quantitative estimate of drug-likeness (QED) is 0.863. The summed E-state index contributed by atoms with van der Waals surface area (Å²) in [7, 11) is -3.05. The van der Waals surface area contributed by atoms with Gasteiger partial charge in [0.2, 0.25) is 10.0 Å². The molecule has 0 aromatic carbocycles. The van der Waals surface area contributed by atoms with Gasteiger partial charge in [0.15, 0.2) is 0 Å². The van der Waals surface area contributed by atoms with E-state index < -0.39 is 10.0 Å². The van der Waals surface area contributed by atoms with E-state index in [4.69, 9.17) is 0 Å². The van der Waals surface area contributed by atoms with Gasteiger partial charge in [0.25, 0.3) is 0 Å². The van der Waals surface area contributed by atoms with Gasteiger partial charge in [-0.2, -0.15) is 0 Å². The lowest BCUT2D eigenvalue weighted by Crippen LogP contribution is -2.55. The average molecular weight is 285 g/mol. The molecule has 0 amide bonds. The Morgan fingerprint density at radius 1 is 1.16 bits per heavy atom. The van der Waals surface area contributed by atoms with E-state index in [1.54, 1.807) is 0 Å². The Balaban J connectivity index is 1.77. The number of nitrogens with one attached hydrogen (secondary N) is 1. The Bertz CT molecular complexity index is 441. The van der Waals surface area contributed by atoms with Crippen LogP contribution in [0.1, 0.15) is 46.0 Å². The van der Waals surface area contributed by atoms with Crippen molar-refractivity contribution in [1.82, 2.24) is 4.72 Å². The number of hydrogen-bond acceptors (Lipinski definition) is 2. The molecule has 4 saturated carbocycles. The molecule has 110 valence electrons. The molecule has 4 rings (SSSR count). The van der Waals surface area contributed by atoms with Crippen molar-refractivity contribution in [2.24, 2.45) is 35.0 Å². The van der Waals surface area contributed by atoms with E-state index in [2.05, 4.69) is 18.6 Å². The van der Waals surface area contributed by atoms with Gasteiger partial charge in [0.05, 0.1) is 6.26 Å². The van der Waals surface area contributed by atoms with E-state index in [-0.39, 0.29) is 5.41 Å². The van der Waals surface area contributed by atoms with E-state index in [0.29, 0.717) is 6.54 Å². The molecule has 4 heteroatoms. The zero-order chi connectivity index (χ0) is 13.8. The third-order valence-corrected chi connectivity index (χ3v) is 6.62. The molecule has 2 unspecified atom stereocenters. The molecule has 1 N–H and O–H groups in total. The Morgan fingerprint density at radius 2 is 1.74 bits per heavy atom. The molecule has 4 aliphatic rings. The van der Waals surface area contributed by atoms with Crippen molar-refractivity contribution >= 4 is 10.0 Å². The van der Waals surface area contributed by atoms with Gasteiger partial charge in [-0.3, -0.25) is 0 Å². The minimum Gasteiger partial charge on any atom is -0.215 e. The standard InChI is InChI=1S/C15H27NO2S/c1-10(2)14-12-4-11-5-13(14)8-15(6-11,7-12)9-16-19(3,17)18/h10-14,16H,4-9H2,1-3H3. The van der Waals surface area contributed by atoms with Gasteiger partial charge in [-0.25, -0.2) is 13.1 Å². The Kier molecular flexibility index (Phi) is 3.25. The second kappa shape index (κ2) is 4.45. The molecule has 19 heavy (non-hydrogen) atoms. The van der Waals surface area contributed by atoms with Gasteiger partial charge >= 0.3 is 0 Å². The summed E-state index contributed by atoms with van der Waals surface area (Å²) in [4.78, 5) is 0. The molecule has 4 aliphatic carbocycles. The first-order chi connectivity index (χ1) is 8.78. The van der Waals surface area contributed by atoms with Crippen LogP contribution in [0, 0.1) is 35.0 Å². The predicted octanol–water partition coefficient (Wildman–Crippen LogP) is 2.63. The van der Waals surface area contributed by atoms with Gasteiger partial charge in [0.1, 0.15) is 0 Å². The van der Waals surface area contributed by atoms with Gasteiger partial charge in [-0.05, 0) is 67.1 Å². The van der Waals surface area contributed by atoms with Gasteiger partial charge in [0, 0.05) is 6.54 Å². The van der Waals surface area contributed by atoms with Gasteiger partial charge in [-0.1, -0.05) is 13.8 Å². The molecular formula is C15H27NO2S. The fourth-order valence-corrected chi connectivity index (χ4v) is 6.39. The van der Waals surface area contributed by atoms with E-state index in [0.717, 1.165) is 29.6 Å². The second-order valence-corrected chi connectivity index (χ2v) is 9.72. The minimum atomic E-state index is -3.05. The van der Waals surface area contributed by atoms with Crippen molar-refractivity contribution in [3.63, 3.8) is 0 Å². The molecule has 4 bridgehead atoms. The Morgan fingerprint density at radius 3 is 2.21 bits per heavy atom. The highest BCUT2D eigenvalue weighted by molar-refractivity contribution is 7.88. The third kappa shape index (κ3) is 2.58. The van der Waals surface area contributed by atoms with Crippen LogP contribution in [0.15, 0.2) is 0 Å². The average Bonchev–Trinajstić information content (AvgIpc) is 2.23. The van der Waals surface area contributed by atoms with E-state index in [9.17, 15) is 8.42 Å². The normalized spacial score (nSPS) is 45.1. The maximum absolute atomic E-state index is 11.4. The minimum absolute atomic E-state index is 0.283. The van der Waals surface area contributed by atoms with Crippen LogP contribution in [-0.2, 0) is 10.0 Å². The van der Waals surface area contributed by atoms with Crippen LogP contribution in [0.25, 0.3) is 0 Å². The summed E-state index contributed by atoms with van der Waals surface area (Å²) in [5, 5.41) is 0. The highest BCUT2D eigenvalue weighted by atomic mass is 32.2. The van der Waals surface area contributed by atoms with Crippen LogP contribution in [0.4, 0.5) is 0 Å². The van der Waals surface area contributed by atoms with Crippen LogP contribution >= 0.6 is 0 Å². The summed E-state index contributed by atoms with van der Waals surface area (Å²) < 4.78 is 25.6. The van der Waals surface area contributed by atoms with Crippen LogP contribution in [0.3, 0.4) is 0 Å². The van der Waals surface area contributed by atoms with Crippen LogP contribution in [0.2, 0.25) is 0 Å². The largest absolute Gasteiger partial charge is 0.215 e. The van der Waals surface area contributed by atoms with Crippen molar-refractivity contribution in [1.29, 1.82) is 0 Å². The summed E-state index contributed by atoms with van der Waals surface area (Å²) in [6.07, 6.45) is 7.86. The lowest BCUT2D eigenvalue weighted by atomic mass is 9.45. The molecule has 0 spiro atoms. The fraction of sp³-hybridized carbons (Fsp3) is 1.00. The lowest BCUT2D eigenvalue weighted by molar-refractivity contribution is -0.106.